The van der Waals surface area contributed by atoms with Crippen molar-refractivity contribution in [1.29, 1.82) is 0 Å². The van der Waals surface area contributed by atoms with Gasteiger partial charge in [0.1, 0.15) is 0 Å². The van der Waals surface area contributed by atoms with Crippen molar-refractivity contribution >= 4 is 27.9 Å². The van der Waals surface area contributed by atoms with Crippen molar-refractivity contribution in [2.45, 2.75) is 25.8 Å². The fraction of sp³-hybridized carbons (Fsp3) is 0.500. The van der Waals surface area contributed by atoms with Gasteiger partial charge in [-0.05, 0) is 36.8 Å². The van der Waals surface area contributed by atoms with Gasteiger partial charge in [0.05, 0.1) is 0 Å². The fourth-order valence-electron chi connectivity index (χ4n) is 3.38. The van der Waals surface area contributed by atoms with Crippen LogP contribution < -0.4 is 0 Å². The van der Waals surface area contributed by atoms with Crippen LogP contribution in [0.5, 0.6) is 0 Å². The van der Waals surface area contributed by atoms with E-state index in [1.165, 1.54) is 62.0 Å². The molecule has 0 aromatic heterocycles. The Bertz CT molecular complexity index is 645. The molecule has 148 valence electrons. The average molecular weight is 439 g/mol. The van der Waals surface area contributed by atoms with Crippen LogP contribution in [0.2, 0.25) is 0 Å². The van der Waals surface area contributed by atoms with Gasteiger partial charge in [-0.3, -0.25) is 4.90 Å². The van der Waals surface area contributed by atoms with Gasteiger partial charge in [0.2, 0.25) is 0 Å². The second-order valence-corrected chi connectivity index (χ2v) is 7.78. The molecule has 1 aromatic carbocycles. The zero-order chi connectivity index (χ0) is 19.6. The number of carboxylic acid groups (broad SMARTS) is 2. The number of piperazine rings is 1. The molecule has 0 amide bonds. The van der Waals surface area contributed by atoms with Crippen molar-refractivity contribution in [3.8, 4) is 0 Å². The molecule has 1 aliphatic carbocycles. The van der Waals surface area contributed by atoms with Crippen molar-refractivity contribution in [3.63, 3.8) is 0 Å². The van der Waals surface area contributed by atoms with Crippen molar-refractivity contribution in [3.05, 3.63) is 46.5 Å². The summed E-state index contributed by atoms with van der Waals surface area (Å²) in [6.45, 7) is 7.22. The largest absolute Gasteiger partial charge is 0.473 e. The quantitative estimate of drug-likeness (QED) is 0.555. The summed E-state index contributed by atoms with van der Waals surface area (Å²) in [5.74, 6) is -2.75. The minimum atomic E-state index is -1.82. The van der Waals surface area contributed by atoms with E-state index in [0.29, 0.717) is 0 Å². The number of benzene rings is 1. The van der Waals surface area contributed by atoms with Crippen LogP contribution in [0, 0.1) is 5.92 Å². The first-order chi connectivity index (χ1) is 13.0. The number of allylic oxidation sites excluding steroid dienone is 2. The molecule has 1 fully saturated rings. The second-order valence-electron chi connectivity index (χ2n) is 6.93. The summed E-state index contributed by atoms with van der Waals surface area (Å²) in [5, 5.41) is 14.8. The molecule has 1 aromatic rings. The van der Waals surface area contributed by atoms with Crippen LogP contribution in [-0.2, 0) is 16.1 Å². The Morgan fingerprint density at radius 1 is 1.00 bits per heavy atom. The molecule has 1 unspecified atom stereocenters. The average Bonchev–Trinajstić information content (AvgIpc) is 2.66. The summed E-state index contributed by atoms with van der Waals surface area (Å²) in [5.41, 5.74) is 1.41. The van der Waals surface area contributed by atoms with Gasteiger partial charge in [-0.15, -0.1) is 0 Å². The van der Waals surface area contributed by atoms with E-state index in [-0.39, 0.29) is 0 Å². The summed E-state index contributed by atoms with van der Waals surface area (Å²) >= 11 is 3.66. The standard InChI is InChI=1S/C18H25BrN2.C2H2O4/c19-18-9-5-4-8-17(18)15-21-12-10-20(11-13-21)14-16-6-2-1-3-7-16;3-1(4)2(5)6/h1-2,4-5,8-9,16H,3,6-7,10-15H2;(H,3,4)(H,5,6). The Morgan fingerprint density at radius 2 is 1.63 bits per heavy atom. The first kappa shape index (κ1) is 21.6. The predicted molar refractivity (Wildman–Crippen MR) is 108 cm³/mol. The third kappa shape index (κ3) is 7.82. The highest BCUT2D eigenvalue weighted by molar-refractivity contribution is 9.10. The van der Waals surface area contributed by atoms with Crippen LogP contribution in [0.3, 0.4) is 0 Å². The zero-order valence-corrected chi connectivity index (χ0v) is 17.0. The van der Waals surface area contributed by atoms with Gasteiger partial charge in [0.25, 0.3) is 0 Å². The summed E-state index contributed by atoms with van der Waals surface area (Å²) in [6.07, 6.45) is 8.67. The Kier molecular flexibility index (Phi) is 8.97. The monoisotopic (exact) mass is 438 g/mol. The van der Waals surface area contributed by atoms with Crippen molar-refractivity contribution in [2.24, 2.45) is 5.92 Å². The molecule has 0 spiro atoms. The van der Waals surface area contributed by atoms with E-state index in [4.69, 9.17) is 19.8 Å². The topological polar surface area (TPSA) is 81.1 Å². The van der Waals surface area contributed by atoms with E-state index in [1.54, 1.807) is 0 Å². The van der Waals surface area contributed by atoms with Crippen LogP contribution >= 0.6 is 15.9 Å². The molecule has 0 radical (unpaired) electrons. The molecule has 2 aliphatic rings. The highest BCUT2D eigenvalue weighted by atomic mass is 79.9. The van der Waals surface area contributed by atoms with Crippen LogP contribution in [0.15, 0.2) is 40.9 Å². The predicted octanol–water partition coefficient (Wildman–Crippen LogP) is 3.08. The van der Waals surface area contributed by atoms with Gasteiger partial charge in [-0.25, -0.2) is 9.59 Å². The second kappa shape index (κ2) is 11.2. The zero-order valence-electron chi connectivity index (χ0n) is 15.4. The lowest BCUT2D eigenvalue weighted by Crippen LogP contribution is -2.47. The van der Waals surface area contributed by atoms with Gasteiger partial charge >= 0.3 is 11.9 Å². The number of hydrogen-bond donors (Lipinski definition) is 2. The Balaban J connectivity index is 0.000000380. The van der Waals surface area contributed by atoms with Crippen LogP contribution in [-0.4, -0.2) is 64.7 Å². The molecular weight excluding hydrogens is 412 g/mol. The SMILES string of the molecule is Brc1ccccc1CN1CCN(CC2CC=CCC2)CC1.O=C(O)C(=O)O. The Labute approximate surface area is 168 Å². The fourth-order valence-corrected chi connectivity index (χ4v) is 3.79. The number of halogens is 1. The molecule has 7 heteroatoms. The molecule has 0 bridgehead atoms. The van der Waals surface area contributed by atoms with E-state index in [0.717, 1.165) is 12.5 Å². The van der Waals surface area contributed by atoms with E-state index >= 15 is 0 Å². The molecule has 6 nitrogen and oxygen atoms in total. The molecular formula is C20H27BrN2O4. The maximum Gasteiger partial charge on any atom is 0.414 e. The number of carboxylic acids is 2. The van der Waals surface area contributed by atoms with Gasteiger partial charge in [-0.2, -0.15) is 0 Å². The number of nitrogens with zero attached hydrogens (tertiary/aromatic N) is 2. The van der Waals surface area contributed by atoms with E-state index in [2.05, 4.69) is 62.1 Å². The smallest absolute Gasteiger partial charge is 0.414 e. The van der Waals surface area contributed by atoms with E-state index < -0.39 is 11.9 Å². The summed E-state index contributed by atoms with van der Waals surface area (Å²) < 4.78 is 1.24. The minimum absolute atomic E-state index is 0.893. The first-order valence-electron chi connectivity index (χ1n) is 9.25. The number of aliphatic carboxylic acids is 2. The van der Waals surface area contributed by atoms with Crippen LogP contribution in [0.1, 0.15) is 24.8 Å². The Morgan fingerprint density at radius 3 is 2.19 bits per heavy atom. The normalized spacial score (nSPS) is 20.6. The lowest BCUT2D eigenvalue weighted by Gasteiger charge is -2.36. The molecule has 27 heavy (non-hydrogen) atoms. The van der Waals surface area contributed by atoms with Gasteiger partial charge < -0.3 is 15.1 Å². The third-order valence-corrected chi connectivity index (χ3v) is 5.67. The lowest BCUT2D eigenvalue weighted by molar-refractivity contribution is -0.159. The highest BCUT2D eigenvalue weighted by Gasteiger charge is 2.20. The molecule has 1 aliphatic heterocycles. The molecule has 1 heterocycles. The molecule has 0 saturated carbocycles. The lowest BCUT2D eigenvalue weighted by atomic mass is 9.94. The molecule has 1 saturated heterocycles. The summed E-state index contributed by atoms with van der Waals surface area (Å²) in [4.78, 5) is 23.4. The van der Waals surface area contributed by atoms with Gasteiger partial charge in [0, 0.05) is 43.7 Å². The van der Waals surface area contributed by atoms with Crippen molar-refractivity contribution in [2.75, 3.05) is 32.7 Å². The highest BCUT2D eigenvalue weighted by Crippen LogP contribution is 2.21. The number of carbonyl (C=O) groups is 2. The minimum Gasteiger partial charge on any atom is -0.473 e. The maximum atomic E-state index is 9.10. The van der Waals surface area contributed by atoms with E-state index in [1.807, 2.05) is 0 Å². The number of hydrogen-bond acceptors (Lipinski definition) is 4. The van der Waals surface area contributed by atoms with Crippen molar-refractivity contribution < 1.29 is 19.8 Å². The summed E-state index contributed by atoms with van der Waals surface area (Å²) in [6, 6.07) is 8.59. The molecule has 1 atom stereocenters. The van der Waals surface area contributed by atoms with Gasteiger partial charge in [0.15, 0.2) is 0 Å². The van der Waals surface area contributed by atoms with E-state index in [9.17, 15) is 0 Å². The molecule has 2 N–H and O–H groups in total. The number of rotatable bonds is 4. The summed E-state index contributed by atoms with van der Waals surface area (Å²) in [7, 11) is 0. The molecule has 3 rings (SSSR count). The van der Waals surface area contributed by atoms with Crippen LogP contribution in [0.25, 0.3) is 0 Å². The Hall–Kier alpha value is -1.70. The maximum absolute atomic E-state index is 9.10. The van der Waals surface area contributed by atoms with Gasteiger partial charge in [-0.1, -0.05) is 46.3 Å². The first-order valence-corrected chi connectivity index (χ1v) is 10.0. The van der Waals surface area contributed by atoms with Crippen molar-refractivity contribution in [1.82, 2.24) is 9.80 Å². The van der Waals surface area contributed by atoms with Crippen LogP contribution in [0.4, 0.5) is 0 Å². The third-order valence-electron chi connectivity index (χ3n) is 4.89.